The van der Waals surface area contributed by atoms with E-state index < -0.39 is 0 Å². The third-order valence-electron chi connectivity index (χ3n) is 6.47. The molecular formula is C27H27N5OS. The Balaban J connectivity index is 1.61. The normalized spacial score (nSPS) is 17.6. The lowest BCUT2D eigenvalue weighted by atomic mass is 9.96. The van der Waals surface area contributed by atoms with Gasteiger partial charge in [-0.1, -0.05) is 6.07 Å². The lowest BCUT2D eigenvalue weighted by molar-refractivity contribution is 0.415. The monoisotopic (exact) mass is 469 g/mol. The molecule has 1 saturated heterocycles. The average Bonchev–Trinajstić information content (AvgIpc) is 3.36. The van der Waals surface area contributed by atoms with Crippen molar-refractivity contribution in [2.24, 2.45) is 0 Å². The third-order valence-corrected chi connectivity index (χ3v) is 6.78. The minimum Gasteiger partial charge on any atom is -0.497 e. The Hall–Kier alpha value is -3.71. The molecule has 1 fully saturated rings. The first kappa shape index (κ1) is 22.1. The summed E-state index contributed by atoms with van der Waals surface area (Å²) in [4.78, 5) is 11.0. The number of thiocarbonyl (C=S) groups is 1. The van der Waals surface area contributed by atoms with Crippen LogP contribution in [0.1, 0.15) is 40.3 Å². The van der Waals surface area contributed by atoms with Crippen molar-refractivity contribution in [3.8, 4) is 5.75 Å². The number of nitrogens with one attached hydrogen (secondary N) is 1. The molecule has 3 aromatic heterocycles. The number of nitrogens with zero attached hydrogens (tertiary/aromatic N) is 4. The third kappa shape index (κ3) is 4.03. The topological polar surface area (TPSA) is 55.2 Å². The highest BCUT2D eigenvalue weighted by Crippen LogP contribution is 2.43. The zero-order valence-corrected chi connectivity index (χ0v) is 20.3. The van der Waals surface area contributed by atoms with Gasteiger partial charge in [-0.15, -0.1) is 0 Å². The molecule has 6 nitrogen and oxygen atoms in total. The first-order valence-corrected chi connectivity index (χ1v) is 11.7. The number of rotatable bonds is 6. The second kappa shape index (κ2) is 9.27. The van der Waals surface area contributed by atoms with Gasteiger partial charge in [-0.2, -0.15) is 0 Å². The fourth-order valence-corrected chi connectivity index (χ4v) is 5.08. The van der Waals surface area contributed by atoms with Crippen LogP contribution in [0.15, 0.2) is 79.3 Å². The van der Waals surface area contributed by atoms with E-state index in [4.69, 9.17) is 17.0 Å². The molecule has 172 valence electrons. The van der Waals surface area contributed by atoms with Gasteiger partial charge in [0.25, 0.3) is 0 Å². The number of hydrogen-bond acceptors (Lipinski definition) is 4. The van der Waals surface area contributed by atoms with Crippen molar-refractivity contribution in [3.05, 3.63) is 107 Å². The minimum atomic E-state index is -0.0781. The molecular weight excluding hydrogens is 442 g/mol. The number of pyridine rings is 2. The van der Waals surface area contributed by atoms with Gasteiger partial charge >= 0.3 is 0 Å². The smallest absolute Gasteiger partial charge is 0.174 e. The summed E-state index contributed by atoms with van der Waals surface area (Å²) in [5.41, 5.74) is 6.84. The standard InChI is InChI=1S/C27H27N5OS/c1-18-16-23(19(2)31(18)17-20-11-14-28-15-12-20)26-25(24-6-4-5-13-29-24)30-27(34)32(26)21-7-9-22(33-3)10-8-21/h4-16,25-26H,17H2,1-3H3,(H,30,34)/t25-,26+/m1/s1. The number of benzene rings is 1. The van der Waals surface area contributed by atoms with Gasteiger partial charge in [0.15, 0.2) is 5.11 Å². The molecule has 7 heteroatoms. The summed E-state index contributed by atoms with van der Waals surface area (Å²) in [6.45, 7) is 5.14. The summed E-state index contributed by atoms with van der Waals surface area (Å²) in [6.07, 6.45) is 5.51. The molecule has 0 amide bonds. The summed E-state index contributed by atoms with van der Waals surface area (Å²) in [5, 5.41) is 4.23. The van der Waals surface area contributed by atoms with Crippen LogP contribution in [-0.2, 0) is 6.54 Å². The maximum absolute atomic E-state index is 5.87. The van der Waals surface area contributed by atoms with E-state index in [9.17, 15) is 0 Å². The molecule has 0 saturated carbocycles. The van der Waals surface area contributed by atoms with E-state index in [1.165, 1.54) is 22.5 Å². The zero-order chi connectivity index (χ0) is 23.7. The highest BCUT2D eigenvalue weighted by atomic mass is 32.1. The number of hydrogen-bond donors (Lipinski definition) is 1. The molecule has 4 aromatic rings. The number of aromatic nitrogens is 3. The van der Waals surface area contributed by atoms with Crippen LogP contribution in [-0.4, -0.2) is 26.8 Å². The van der Waals surface area contributed by atoms with E-state index in [1.807, 2.05) is 42.9 Å². The van der Waals surface area contributed by atoms with Crippen molar-refractivity contribution in [1.29, 1.82) is 0 Å². The van der Waals surface area contributed by atoms with E-state index in [0.29, 0.717) is 5.11 Å². The van der Waals surface area contributed by atoms with Crippen molar-refractivity contribution >= 4 is 23.0 Å². The van der Waals surface area contributed by atoms with Crippen molar-refractivity contribution in [1.82, 2.24) is 19.9 Å². The van der Waals surface area contributed by atoms with Crippen LogP contribution in [0, 0.1) is 13.8 Å². The molecule has 1 aromatic carbocycles. The van der Waals surface area contributed by atoms with E-state index in [-0.39, 0.29) is 12.1 Å². The first-order valence-electron chi connectivity index (χ1n) is 11.3. The fourth-order valence-electron chi connectivity index (χ4n) is 4.73. The number of ether oxygens (including phenoxy) is 1. The van der Waals surface area contributed by atoms with E-state index >= 15 is 0 Å². The quantitative estimate of drug-likeness (QED) is 0.395. The summed E-state index contributed by atoms with van der Waals surface area (Å²) in [7, 11) is 1.68. The van der Waals surface area contributed by atoms with E-state index in [0.717, 1.165) is 23.7 Å². The maximum atomic E-state index is 5.87. The summed E-state index contributed by atoms with van der Waals surface area (Å²) >= 11 is 5.87. The molecule has 1 N–H and O–H groups in total. The second-order valence-electron chi connectivity index (χ2n) is 8.46. The number of methoxy groups -OCH3 is 1. The highest BCUT2D eigenvalue weighted by molar-refractivity contribution is 7.80. The molecule has 1 aliphatic heterocycles. The van der Waals surface area contributed by atoms with Gasteiger partial charge in [0.2, 0.25) is 0 Å². The van der Waals surface area contributed by atoms with Crippen LogP contribution >= 0.6 is 12.2 Å². The summed E-state index contributed by atoms with van der Waals surface area (Å²) in [6, 6.07) is 20.3. The molecule has 0 unspecified atom stereocenters. The van der Waals surface area contributed by atoms with Crippen LogP contribution in [0.25, 0.3) is 0 Å². The summed E-state index contributed by atoms with van der Waals surface area (Å²) < 4.78 is 7.73. The van der Waals surface area contributed by atoms with Crippen molar-refractivity contribution in [2.45, 2.75) is 32.5 Å². The minimum absolute atomic E-state index is 0.0480. The Morgan fingerprint density at radius 2 is 1.76 bits per heavy atom. The molecule has 0 spiro atoms. The lowest BCUT2D eigenvalue weighted by Crippen LogP contribution is -2.29. The van der Waals surface area contributed by atoms with Gasteiger partial charge in [-0.3, -0.25) is 9.97 Å². The van der Waals surface area contributed by atoms with Crippen molar-refractivity contribution in [2.75, 3.05) is 12.0 Å². The van der Waals surface area contributed by atoms with Crippen LogP contribution in [0.5, 0.6) is 5.75 Å². The summed E-state index contributed by atoms with van der Waals surface area (Å²) in [5.74, 6) is 0.815. The molecule has 0 bridgehead atoms. The number of aryl methyl sites for hydroxylation is 1. The van der Waals surface area contributed by atoms with Crippen molar-refractivity contribution in [3.63, 3.8) is 0 Å². The zero-order valence-electron chi connectivity index (χ0n) is 19.5. The van der Waals surface area contributed by atoms with Gasteiger partial charge in [-0.05, 0) is 91.8 Å². The van der Waals surface area contributed by atoms with E-state index in [1.54, 1.807) is 7.11 Å². The highest BCUT2D eigenvalue weighted by Gasteiger charge is 2.42. The SMILES string of the molecule is COc1ccc(N2C(=S)N[C@H](c3ccccn3)[C@@H]2c2cc(C)n(Cc3ccncc3)c2C)cc1. The molecule has 2 atom stereocenters. The van der Waals surface area contributed by atoms with Gasteiger partial charge in [0, 0.05) is 42.2 Å². The van der Waals surface area contributed by atoms with Crippen molar-refractivity contribution < 1.29 is 4.74 Å². The first-order chi connectivity index (χ1) is 16.6. The molecule has 34 heavy (non-hydrogen) atoms. The maximum Gasteiger partial charge on any atom is 0.174 e. The lowest BCUT2D eigenvalue weighted by Gasteiger charge is -2.28. The van der Waals surface area contributed by atoms with E-state index in [2.05, 4.69) is 75.0 Å². The number of anilines is 1. The van der Waals surface area contributed by atoms with Crippen LogP contribution in [0.4, 0.5) is 5.69 Å². The molecule has 5 rings (SSSR count). The Kier molecular flexibility index (Phi) is 6.02. The fraction of sp³-hybridized carbons (Fsp3) is 0.222. The predicted molar refractivity (Wildman–Crippen MR) is 138 cm³/mol. The Morgan fingerprint density at radius 1 is 1.00 bits per heavy atom. The predicted octanol–water partition coefficient (Wildman–Crippen LogP) is 5.13. The molecule has 1 aliphatic rings. The molecule has 4 heterocycles. The average molecular weight is 470 g/mol. The second-order valence-corrected chi connectivity index (χ2v) is 8.85. The van der Waals surface area contributed by atoms with Crippen LogP contribution in [0.3, 0.4) is 0 Å². The van der Waals surface area contributed by atoms with Gasteiger partial charge in [0.1, 0.15) is 5.75 Å². The largest absolute Gasteiger partial charge is 0.497 e. The molecule has 0 aliphatic carbocycles. The van der Waals surface area contributed by atoms with Crippen LogP contribution < -0.4 is 15.0 Å². The Morgan fingerprint density at radius 3 is 2.44 bits per heavy atom. The van der Waals surface area contributed by atoms with Gasteiger partial charge in [-0.25, -0.2) is 0 Å². The van der Waals surface area contributed by atoms with Gasteiger partial charge in [0.05, 0.1) is 24.9 Å². The van der Waals surface area contributed by atoms with Gasteiger partial charge < -0.3 is 19.5 Å². The Bertz CT molecular complexity index is 1290. The van der Waals surface area contributed by atoms with Crippen LogP contribution in [0.2, 0.25) is 0 Å². The Labute approximate surface area is 205 Å². The molecule has 0 radical (unpaired) electrons.